The highest BCUT2D eigenvalue weighted by atomic mass is 16.5. The summed E-state index contributed by atoms with van der Waals surface area (Å²) in [6.45, 7) is 1.54. The van der Waals surface area contributed by atoms with Crippen molar-refractivity contribution < 1.29 is 4.74 Å². The van der Waals surface area contributed by atoms with Crippen LogP contribution in [0.1, 0.15) is 12.8 Å². The number of hydrogen-bond acceptors (Lipinski definition) is 2. The quantitative estimate of drug-likeness (QED) is 0.554. The maximum Gasteiger partial charge on any atom is 0.0757 e. The van der Waals surface area contributed by atoms with Crippen LogP contribution in [-0.2, 0) is 4.74 Å². The van der Waals surface area contributed by atoms with Crippen molar-refractivity contribution in [3.05, 3.63) is 12.2 Å². The van der Waals surface area contributed by atoms with Gasteiger partial charge in [-0.2, -0.15) is 0 Å². The molecular formula is C7H13NO. The molecule has 1 saturated heterocycles. The van der Waals surface area contributed by atoms with E-state index in [-0.39, 0.29) is 0 Å². The maximum atomic E-state index is 5.31. The highest BCUT2D eigenvalue weighted by Crippen LogP contribution is 2.12. The molecule has 0 aliphatic carbocycles. The fourth-order valence-electron chi connectivity index (χ4n) is 0.985. The van der Waals surface area contributed by atoms with Crippen molar-refractivity contribution in [1.82, 2.24) is 0 Å². The van der Waals surface area contributed by atoms with Crippen LogP contribution in [-0.4, -0.2) is 19.3 Å². The molecule has 52 valence electrons. The molecule has 1 fully saturated rings. The van der Waals surface area contributed by atoms with Gasteiger partial charge in [0.15, 0.2) is 0 Å². The molecule has 9 heavy (non-hydrogen) atoms. The Morgan fingerprint density at radius 3 is 3.11 bits per heavy atom. The number of ether oxygens (including phenoxy) is 1. The highest BCUT2D eigenvalue weighted by Gasteiger charge is 2.10. The van der Waals surface area contributed by atoms with Crippen LogP contribution in [0.2, 0.25) is 0 Å². The lowest BCUT2D eigenvalue weighted by Crippen LogP contribution is -2.01. The van der Waals surface area contributed by atoms with Gasteiger partial charge in [-0.25, -0.2) is 0 Å². The summed E-state index contributed by atoms with van der Waals surface area (Å²) in [6, 6.07) is 0. The molecule has 1 aliphatic rings. The van der Waals surface area contributed by atoms with E-state index >= 15 is 0 Å². The first-order chi connectivity index (χ1) is 4.43. The molecule has 0 aromatic carbocycles. The third-order valence-electron chi connectivity index (χ3n) is 1.45. The number of hydrogen-bond donors (Lipinski definition) is 1. The molecule has 2 N–H and O–H groups in total. The standard InChI is InChI=1S/C7H13NO/c8-5-1-3-7-4-2-6-9-7/h1,3,7H,2,4-6,8H2/b3-1+. The summed E-state index contributed by atoms with van der Waals surface area (Å²) in [6.07, 6.45) is 6.72. The molecule has 0 aromatic rings. The second-order valence-corrected chi connectivity index (χ2v) is 2.22. The lowest BCUT2D eigenvalue weighted by atomic mass is 10.2. The normalized spacial score (nSPS) is 27.9. The summed E-state index contributed by atoms with van der Waals surface area (Å²) < 4.78 is 5.31. The molecule has 0 saturated carbocycles. The van der Waals surface area contributed by atoms with Crippen molar-refractivity contribution in [1.29, 1.82) is 0 Å². The van der Waals surface area contributed by atoms with E-state index in [1.165, 1.54) is 6.42 Å². The van der Waals surface area contributed by atoms with Gasteiger partial charge in [-0.15, -0.1) is 0 Å². The van der Waals surface area contributed by atoms with Gasteiger partial charge < -0.3 is 10.5 Å². The van der Waals surface area contributed by atoms with Crippen molar-refractivity contribution in [2.45, 2.75) is 18.9 Å². The first kappa shape index (κ1) is 6.78. The number of nitrogens with two attached hydrogens (primary N) is 1. The summed E-state index contributed by atoms with van der Waals surface area (Å²) in [5, 5.41) is 0. The van der Waals surface area contributed by atoms with E-state index in [0.717, 1.165) is 13.0 Å². The zero-order chi connectivity index (χ0) is 6.53. The van der Waals surface area contributed by atoms with Gasteiger partial charge in [-0.3, -0.25) is 0 Å². The van der Waals surface area contributed by atoms with E-state index in [9.17, 15) is 0 Å². The van der Waals surface area contributed by atoms with Crippen LogP contribution >= 0.6 is 0 Å². The highest BCUT2D eigenvalue weighted by molar-refractivity contribution is 4.91. The SMILES string of the molecule is NC/C=C/C1CCCO1. The molecule has 1 unspecified atom stereocenters. The Morgan fingerprint density at radius 2 is 2.56 bits per heavy atom. The van der Waals surface area contributed by atoms with Crippen molar-refractivity contribution in [2.24, 2.45) is 5.73 Å². The molecule has 1 aliphatic heterocycles. The number of rotatable bonds is 2. The first-order valence-corrected chi connectivity index (χ1v) is 3.42. The van der Waals surface area contributed by atoms with Crippen molar-refractivity contribution >= 4 is 0 Å². The van der Waals surface area contributed by atoms with E-state index < -0.39 is 0 Å². The molecule has 1 heterocycles. The Bertz CT molecular complexity index is 95.1. The predicted octanol–water partition coefficient (Wildman–Crippen LogP) is 0.680. The third kappa shape index (κ3) is 2.16. The molecule has 0 radical (unpaired) electrons. The summed E-state index contributed by atoms with van der Waals surface area (Å²) >= 11 is 0. The van der Waals surface area contributed by atoms with Crippen molar-refractivity contribution in [3.63, 3.8) is 0 Å². The molecule has 0 spiro atoms. The van der Waals surface area contributed by atoms with Gasteiger partial charge in [0.2, 0.25) is 0 Å². The van der Waals surface area contributed by atoms with E-state index in [2.05, 4.69) is 0 Å². The zero-order valence-corrected chi connectivity index (χ0v) is 5.55. The average Bonchev–Trinajstić information content (AvgIpc) is 2.34. The molecule has 1 atom stereocenters. The Balaban J connectivity index is 2.18. The summed E-state index contributed by atoms with van der Waals surface area (Å²) in [5.74, 6) is 0. The van der Waals surface area contributed by atoms with Crippen LogP contribution < -0.4 is 5.73 Å². The van der Waals surface area contributed by atoms with Crippen molar-refractivity contribution in [2.75, 3.05) is 13.2 Å². The van der Waals surface area contributed by atoms with Crippen molar-refractivity contribution in [3.8, 4) is 0 Å². The topological polar surface area (TPSA) is 35.2 Å². The molecule has 1 rings (SSSR count). The van der Waals surface area contributed by atoms with Gasteiger partial charge in [0.1, 0.15) is 0 Å². The molecule has 2 heteroatoms. The minimum atomic E-state index is 0.355. The first-order valence-electron chi connectivity index (χ1n) is 3.42. The fraction of sp³-hybridized carbons (Fsp3) is 0.714. The monoisotopic (exact) mass is 127 g/mol. The smallest absolute Gasteiger partial charge is 0.0757 e. The van der Waals surface area contributed by atoms with Crippen LogP contribution in [0.5, 0.6) is 0 Å². The molecule has 2 nitrogen and oxygen atoms in total. The van der Waals surface area contributed by atoms with Gasteiger partial charge in [0.25, 0.3) is 0 Å². The van der Waals surface area contributed by atoms with E-state index in [0.29, 0.717) is 12.6 Å². The van der Waals surface area contributed by atoms with E-state index in [4.69, 9.17) is 10.5 Å². The summed E-state index contributed by atoms with van der Waals surface area (Å²) in [4.78, 5) is 0. The minimum absolute atomic E-state index is 0.355. The molecule has 0 bridgehead atoms. The second-order valence-electron chi connectivity index (χ2n) is 2.22. The van der Waals surface area contributed by atoms with Crippen LogP contribution in [0.25, 0.3) is 0 Å². The van der Waals surface area contributed by atoms with Gasteiger partial charge in [0.05, 0.1) is 6.10 Å². The largest absolute Gasteiger partial charge is 0.374 e. The van der Waals surface area contributed by atoms with Crippen LogP contribution in [0, 0.1) is 0 Å². The molecule has 0 amide bonds. The van der Waals surface area contributed by atoms with Gasteiger partial charge >= 0.3 is 0 Å². The summed E-state index contributed by atoms with van der Waals surface area (Å²) in [5.41, 5.74) is 5.26. The van der Waals surface area contributed by atoms with Gasteiger partial charge in [-0.1, -0.05) is 12.2 Å². The van der Waals surface area contributed by atoms with Crippen LogP contribution in [0.4, 0.5) is 0 Å². The molecule has 0 aromatic heterocycles. The maximum absolute atomic E-state index is 5.31. The minimum Gasteiger partial charge on any atom is -0.374 e. The van der Waals surface area contributed by atoms with Crippen LogP contribution in [0.15, 0.2) is 12.2 Å². The Labute approximate surface area is 55.7 Å². The Kier molecular flexibility index (Phi) is 2.74. The van der Waals surface area contributed by atoms with Gasteiger partial charge in [0, 0.05) is 13.2 Å². The van der Waals surface area contributed by atoms with Crippen LogP contribution in [0.3, 0.4) is 0 Å². The fourth-order valence-corrected chi connectivity index (χ4v) is 0.985. The van der Waals surface area contributed by atoms with Gasteiger partial charge in [-0.05, 0) is 12.8 Å². The summed E-state index contributed by atoms with van der Waals surface area (Å²) in [7, 11) is 0. The Morgan fingerprint density at radius 1 is 1.67 bits per heavy atom. The molecular weight excluding hydrogens is 114 g/mol. The van der Waals surface area contributed by atoms with E-state index in [1.807, 2.05) is 12.2 Å². The third-order valence-corrected chi connectivity index (χ3v) is 1.45. The van der Waals surface area contributed by atoms with E-state index in [1.54, 1.807) is 0 Å². The predicted molar refractivity (Wildman–Crippen MR) is 37.2 cm³/mol. The average molecular weight is 127 g/mol. The lowest BCUT2D eigenvalue weighted by Gasteiger charge is -1.99. The lowest BCUT2D eigenvalue weighted by molar-refractivity contribution is 0.145. The Hall–Kier alpha value is -0.340. The second kappa shape index (κ2) is 3.64. The zero-order valence-electron chi connectivity index (χ0n) is 5.55.